The summed E-state index contributed by atoms with van der Waals surface area (Å²) in [5.41, 5.74) is 1.80. The maximum atomic E-state index is 11.1. The molecule has 2 saturated heterocycles. The van der Waals surface area contributed by atoms with Crippen LogP contribution < -0.4 is 4.74 Å². The number of likely N-dealkylation sites (tertiary alicyclic amines) is 1. The topological polar surface area (TPSA) is 72.8 Å². The molecule has 24 heavy (non-hydrogen) atoms. The quantitative estimate of drug-likeness (QED) is 0.755. The van der Waals surface area contributed by atoms with E-state index in [0.29, 0.717) is 19.1 Å². The smallest absolute Gasteiger partial charge is 0.219 e. The van der Waals surface area contributed by atoms with Crippen LogP contribution in [0.3, 0.4) is 0 Å². The first-order chi connectivity index (χ1) is 11.7. The summed E-state index contributed by atoms with van der Waals surface area (Å²) in [6.07, 6.45) is 4.50. The molecule has 0 bridgehead atoms. The zero-order valence-corrected chi connectivity index (χ0v) is 13.6. The third kappa shape index (κ3) is 3.12. The zero-order valence-electron chi connectivity index (χ0n) is 13.6. The summed E-state index contributed by atoms with van der Waals surface area (Å²) < 4.78 is 12.9. The van der Waals surface area contributed by atoms with Crippen molar-refractivity contribution in [1.29, 1.82) is 0 Å². The fourth-order valence-corrected chi connectivity index (χ4v) is 2.90. The molecule has 1 amide bonds. The molecule has 126 valence electrons. The number of carbonyl (C=O) groups is 1. The number of epoxide rings is 1. The van der Waals surface area contributed by atoms with E-state index in [1.165, 1.54) is 0 Å². The third-order valence-corrected chi connectivity index (χ3v) is 4.45. The van der Waals surface area contributed by atoms with Gasteiger partial charge in [0, 0.05) is 26.2 Å². The Kier molecular flexibility index (Phi) is 3.93. The van der Waals surface area contributed by atoms with Crippen LogP contribution >= 0.6 is 0 Å². The molecule has 0 aromatic carbocycles. The van der Waals surface area contributed by atoms with Gasteiger partial charge in [-0.2, -0.15) is 5.10 Å². The van der Waals surface area contributed by atoms with Crippen molar-refractivity contribution in [1.82, 2.24) is 19.7 Å². The highest BCUT2D eigenvalue weighted by atomic mass is 16.6. The molecule has 4 heterocycles. The van der Waals surface area contributed by atoms with E-state index in [1.807, 2.05) is 27.8 Å². The maximum Gasteiger partial charge on any atom is 0.219 e. The zero-order chi connectivity index (χ0) is 16.5. The van der Waals surface area contributed by atoms with Crippen LogP contribution in [-0.4, -0.2) is 51.9 Å². The number of hydrogen-bond donors (Lipinski definition) is 0. The summed E-state index contributed by atoms with van der Waals surface area (Å²) in [6.45, 7) is 4.66. The second-order valence-electron chi connectivity index (χ2n) is 6.26. The Balaban J connectivity index is 1.28. The average Bonchev–Trinajstić information content (AvgIpc) is 3.27. The summed E-state index contributed by atoms with van der Waals surface area (Å²) in [6, 6.07) is 5.80. The van der Waals surface area contributed by atoms with E-state index in [9.17, 15) is 4.79 Å². The Bertz CT molecular complexity index is 718. The first-order valence-electron chi connectivity index (χ1n) is 8.20. The van der Waals surface area contributed by atoms with Gasteiger partial charge in [-0.3, -0.25) is 9.78 Å². The molecule has 0 N–H and O–H groups in total. The fraction of sp³-hybridized carbons (Fsp3) is 0.471. The second kappa shape index (κ2) is 6.24. The van der Waals surface area contributed by atoms with E-state index in [2.05, 4.69) is 10.1 Å². The standard InChI is InChI=1S/C17H20N4O3/c1-12(22)20-9-13(10-20)5-7-23-14-2-3-15(18-8-14)16-4-6-19-21(16)17-11-24-17/h2-4,6,8,13,17H,5,7,9-11H2,1H3. The van der Waals surface area contributed by atoms with Gasteiger partial charge in [0.2, 0.25) is 5.91 Å². The van der Waals surface area contributed by atoms with Gasteiger partial charge in [-0.15, -0.1) is 0 Å². The molecule has 2 aromatic rings. The van der Waals surface area contributed by atoms with Gasteiger partial charge >= 0.3 is 0 Å². The molecule has 1 unspecified atom stereocenters. The molecule has 0 saturated carbocycles. The van der Waals surface area contributed by atoms with Gasteiger partial charge in [-0.05, 0) is 30.5 Å². The van der Waals surface area contributed by atoms with Gasteiger partial charge in [0.15, 0.2) is 6.23 Å². The van der Waals surface area contributed by atoms with Crippen LogP contribution in [0, 0.1) is 5.92 Å². The molecule has 7 heteroatoms. The van der Waals surface area contributed by atoms with Crippen LogP contribution in [-0.2, 0) is 9.53 Å². The molecule has 0 spiro atoms. The van der Waals surface area contributed by atoms with Crippen molar-refractivity contribution >= 4 is 5.91 Å². The Labute approximate surface area is 140 Å². The number of amides is 1. The highest BCUT2D eigenvalue weighted by Gasteiger charge is 2.29. The highest BCUT2D eigenvalue weighted by Crippen LogP contribution is 2.29. The van der Waals surface area contributed by atoms with Crippen LogP contribution in [0.15, 0.2) is 30.6 Å². The molecule has 2 aliphatic rings. The molecular formula is C17H20N4O3. The third-order valence-electron chi connectivity index (χ3n) is 4.45. The Morgan fingerprint density at radius 1 is 1.38 bits per heavy atom. The summed E-state index contributed by atoms with van der Waals surface area (Å²) in [4.78, 5) is 17.5. The molecule has 0 radical (unpaired) electrons. The second-order valence-corrected chi connectivity index (χ2v) is 6.26. The molecule has 2 aliphatic heterocycles. The van der Waals surface area contributed by atoms with Crippen molar-refractivity contribution in [2.75, 3.05) is 26.3 Å². The summed E-state index contributed by atoms with van der Waals surface area (Å²) >= 11 is 0. The SMILES string of the molecule is CC(=O)N1CC(CCOc2ccc(-c3ccnn3C3CO3)nc2)C1. The van der Waals surface area contributed by atoms with Gasteiger partial charge in [-0.1, -0.05) is 0 Å². The summed E-state index contributed by atoms with van der Waals surface area (Å²) in [5.74, 6) is 1.46. The fourth-order valence-electron chi connectivity index (χ4n) is 2.90. The van der Waals surface area contributed by atoms with Crippen LogP contribution in [0.2, 0.25) is 0 Å². The number of rotatable bonds is 6. The van der Waals surface area contributed by atoms with Crippen LogP contribution in [0.25, 0.3) is 11.4 Å². The van der Waals surface area contributed by atoms with Gasteiger partial charge < -0.3 is 14.4 Å². The van der Waals surface area contributed by atoms with Gasteiger partial charge in [0.1, 0.15) is 5.75 Å². The van der Waals surface area contributed by atoms with E-state index in [1.54, 1.807) is 19.3 Å². The normalized spacial score (nSPS) is 19.9. The summed E-state index contributed by atoms with van der Waals surface area (Å²) in [7, 11) is 0. The predicted octanol–water partition coefficient (Wildman–Crippen LogP) is 1.72. The Morgan fingerprint density at radius 2 is 2.21 bits per heavy atom. The first kappa shape index (κ1) is 15.1. The molecule has 2 aromatic heterocycles. The van der Waals surface area contributed by atoms with Crippen molar-refractivity contribution in [2.45, 2.75) is 19.6 Å². The lowest BCUT2D eigenvalue weighted by molar-refractivity contribution is -0.135. The molecule has 4 rings (SSSR count). The van der Waals surface area contributed by atoms with Crippen LogP contribution in [0.1, 0.15) is 19.6 Å². The van der Waals surface area contributed by atoms with Gasteiger partial charge in [0.05, 0.1) is 30.8 Å². The molecule has 0 aliphatic carbocycles. The molecule has 7 nitrogen and oxygen atoms in total. The van der Waals surface area contributed by atoms with Crippen molar-refractivity contribution in [2.24, 2.45) is 5.92 Å². The van der Waals surface area contributed by atoms with Crippen molar-refractivity contribution in [3.05, 3.63) is 30.6 Å². The maximum absolute atomic E-state index is 11.1. The minimum Gasteiger partial charge on any atom is -0.492 e. The average molecular weight is 328 g/mol. The van der Waals surface area contributed by atoms with Crippen LogP contribution in [0.4, 0.5) is 0 Å². The number of hydrogen-bond acceptors (Lipinski definition) is 5. The van der Waals surface area contributed by atoms with Gasteiger partial charge in [-0.25, -0.2) is 4.68 Å². The molecular weight excluding hydrogens is 308 g/mol. The van der Waals surface area contributed by atoms with Crippen molar-refractivity contribution < 1.29 is 14.3 Å². The van der Waals surface area contributed by atoms with Crippen molar-refractivity contribution in [3.63, 3.8) is 0 Å². The minimum atomic E-state index is 0.0461. The lowest BCUT2D eigenvalue weighted by Gasteiger charge is -2.38. The number of aromatic nitrogens is 3. The van der Waals surface area contributed by atoms with Crippen LogP contribution in [0.5, 0.6) is 5.75 Å². The van der Waals surface area contributed by atoms with E-state index >= 15 is 0 Å². The predicted molar refractivity (Wildman–Crippen MR) is 86.3 cm³/mol. The van der Waals surface area contributed by atoms with Gasteiger partial charge in [0.25, 0.3) is 0 Å². The monoisotopic (exact) mass is 328 g/mol. The van der Waals surface area contributed by atoms with E-state index in [4.69, 9.17) is 9.47 Å². The minimum absolute atomic E-state index is 0.0461. The highest BCUT2D eigenvalue weighted by molar-refractivity contribution is 5.74. The van der Waals surface area contributed by atoms with Crippen molar-refractivity contribution in [3.8, 4) is 17.1 Å². The van der Waals surface area contributed by atoms with E-state index in [0.717, 1.165) is 36.6 Å². The lowest BCUT2D eigenvalue weighted by Crippen LogP contribution is -2.49. The lowest BCUT2D eigenvalue weighted by atomic mass is 9.97. The Hall–Kier alpha value is -2.41. The number of nitrogens with zero attached hydrogens (tertiary/aromatic N) is 4. The molecule has 1 atom stereocenters. The summed E-state index contributed by atoms with van der Waals surface area (Å²) in [5, 5.41) is 4.27. The molecule has 2 fully saturated rings. The van der Waals surface area contributed by atoms with E-state index < -0.39 is 0 Å². The largest absolute Gasteiger partial charge is 0.492 e. The number of ether oxygens (including phenoxy) is 2. The number of carbonyl (C=O) groups excluding carboxylic acids is 1. The number of pyridine rings is 1. The first-order valence-corrected chi connectivity index (χ1v) is 8.20. The Morgan fingerprint density at radius 3 is 2.88 bits per heavy atom. The van der Waals surface area contributed by atoms with E-state index in [-0.39, 0.29) is 12.1 Å².